The van der Waals surface area contributed by atoms with Crippen LogP contribution >= 0.6 is 11.8 Å². The molecule has 1 saturated heterocycles. The Morgan fingerprint density at radius 3 is 1.30 bits per heavy atom. The Kier molecular flexibility index (Phi) is 10.3. The van der Waals surface area contributed by atoms with Gasteiger partial charge in [0.05, 0.1) is 0 Å². The second kappa shape index (κ2) is 11.8. The Balaban J connectivity index is 3.24. The summed E-state index contributed by atoms with van der Waals surface area (Å²) < 4.78 is 295. The molecule has 1 aromatic carbocycles. The van der Waals surface area contributed by atoms with Crippen molar-refractivity contribution in [3.8, 4) is 0 Å². The van der Waals surface area contributed by atoms with Crippen LogP contribution in [0.3, 0.4) is 0 Å². The highest BCUT2D eigenvalue weighted by atomic mass is 32.3. The minimum Gasteiger partial charge on any atom is -0.191 e. The van der Waals surface area contributed by atoms with Crippen LogP contribution in [0.15, 0.2) is 30.3 Å². The van der Waals surface area contributed by atoms with E-state index >= 15 is 0 Å². The van der Waals surface area contributed by atoms with Gasteiger partial charge < -0.3 is 0 Å². The van der Waals surface area contributed by atoms with E-state index in [-0.39, 0.29) is 18.6 Å². The summed E-state index contributed by atoms with van der Waals surface area (Å²) in [6, 6.07) is 2.90. The van der Waals surface area contributed by atoms with E-state index in [1.54, 1.807) is 0 Å². The fourth-order valence-corrected chi connectivity index (χ4v) is 8.75. The molecule has 0 aliphatic carbocycles. The minimum absolute atomic E-state index is 0.00427. The van der Waals surface area contributed by atoms with Crippen LogP contribution in [-0.4, -0.2) is 83.5 Å². The lowest BCUT2D eigenvalue weighted by molar-refractivity contribution is -0.390. The predicted octanol–water partition coefficient (Wildman–Crippen LogP) is 7.28. The minimum atomic E-state index is -8.98. The first-order valence-corrected chi connectivity index (χ1v) is 15.3. The molecule has 5 nitrogen and oxygen atoms in total. The number of halogens is 18. The molecule has 1 unspecified atom stereocenters. The van der Waals surface area contributed by atoms with Gasteiger partial charge in [-0.15, -0.1) is 0 Å². The van der Waals surface area contributed by atoms with Gasteiger partial charge in [0.25, 0.3) is 0 Å². The molecule has 0 amide bonds. The molecule has 1 atom stereocenters. The zero-order valence-electron chi connectivity index (χ0n) is 21.4. The molecule has 0 bridgehead atoms. The van der Waals surface area contributed by atoms with Gasteiger partial charge in [-0.25, -0.2) is 0 Å². The zero-order valence-corrected chi connectivity index (χ0v) is 23.9. The van der Waals surface area contributed by atoms with Gasteiger partial charge in [-0.05, 0) is 30.7 Å². The number of hydrogen-bond donors (Lipinski definition) is 0. The molecule has 26 heteroatoms. The SMILES string of the molecule is O=S(=O)([N+](=C(CC1CCCS1)c1ccccc1)S(=O)(=O)C(F)(F)C(F)(F)C(F)(F)C(F)(F)F)C(F)(F)C(F)(F)C(F)(F)C(F)(F)F. The number of nitrogens with zero attached hydrogens (tertiary/aromatic N) is 1. The van der Waals surface area contributed by atoms with E-state index < -0.39 is 92.9 Å². The van der Waals surface area contributed by atoms with E-state index in [4.69, 9.17) is 0 Å². The molecule has 1 aromatic rings. The van der Waals surface area contributed by atoms with Crippen LogP contribution < -0.4 is 0 Å². The number of benzene rings is 1. The van der Waals surface area contributed by atoms with E-state index in [0.717, 1.165) is 6.07 Å². The van der Waals surface area contributed by atoms with Gasteiger partial charge in [-0.3, -0.25) is 0 Å². The standard InChI is InChI=1S/C20H14F18NO4S3/c21-13(22,17(29,30)31)15(25,26)19(35,36)45(40,41)39(12(9-11-7-4-8-44-11)10-5-2-1-3-6-10)46(42,43)20(37,38)16(27,28)14(23,24)18(32,33)34/h1-3,5-6,11H,4,7-9H2/q+1. The van der Waals surface area contributed by atoms with Crippen LogP contribution in [0.25, 0.3) is 0 Å². The maximum atomic E-state index is 14.9. The number of rotatable bonds is 11. The van der Waals surface area contributed by atoms with Gasteiger partial charge in [0.15, 0.2) is 0 Å². The molecule has 0 radical (unpaired) electrons. The summed E-state index contributed by atoms with van der Waals surface area (Å²) in [5.41, 5.74) is -3.66. The molecule has 0 spiro atoms. The average Bonchev–Trinajstić information content (AvgIpc) is 3.39. The highest BCUT2D eigenvalue weighted by Crippen LogP contribution is 2.58. The predicted molar refractivity (Wildman–Crippen MR) is 121 cm³/mol. The molecule has 1 aliphatic heterocycles. The normalized spacial score (nSPS) is 18.5. The topological polar surface area (TPSA) is 71.3 Å². The summed E-state index contributed by atoms with van der Waals surface area (Å²) in [4.78, 5) is 0. The highest BCUT2D eigenvalue weighted by Gasteiger charge is 2.92. The molecule has 1 fully saturated rings. The third-order valence-electron chi connectivity index (χ3n) is 6.09. The first-order valence-electron chi connectivity index (χ1n) is 11.4. The Labute approximate surface area is 249 Å². The van der Waals surface area contributed by atoms with Crippen molar-refractivity contribution in [2.45, 2.75) is 71.1 Å². The van der Waals surface area contributed by atoms with Crippen molar-refractivity contribution in [2.24, 2.45) is 0 Å². The molecule has 1 aliphatic rings. The molecule has 1 heterocycles. The third kappa shape index (κ3) is 5.90. The largest absolute Gasteiger partial charge is 0.475 e. The summed E-state index contributed by atoms with van der Waals surface area (Å²) in [5.74, 6) is -33.2. The Hall–Kier alpha value is -2.12. The second-order valence-corrected chi connectivity index (χ2v) is 14.5. The monoisotopic (exact) mass is 770 g/mol. The molecule has 0 aromatic heterocycles. The van der Waals surface area contributed by atoms with Gasteiger partial charge in [0, 0.05) is 20.6 Å². The fraction of sp³-hybridized carbons (Fsp3) is 0.650. The van der Waals surface area contributed by atoms with Crippen LogP contribution in [0.2, 0.25) is 0 Å². The second-order valence-electron chi connectivity index (χ2n) is 9.19. The van der Waals surface area contributed by atoms with Crippen molar-refractivity contribution in [2.75, 3.05) is 5.75 Å². The molecule has 0 saturated carbocycles. The van der Waals surface area contributed by atoms with Crippen molar-refractivity contribution in [1.29, 1.82) is 0 Å². The van der Waals surface area contributed by atoms with Crippen molar-refractivity contribution < 1.29 is 99.2 Å². The summed E-state index contributed by atoms with van der Waals surface area (Å²) in [6.45, 7) is 0. The van der Waals surface area contributed by atoms with Gasteiger partial charge >= 0.3 is 66.6 Å². The smallest absolute Gasteiger partial charge is 0.191 e. The third-order valence-corrected chi connectivity index (χ3v) is 11.8. The quantitative estimate of drug-likeness (QED) is 0.135. The first kappa shape index (κ1) is 40.1. The highest BCUT2D eigenvalue weighted by molar-refractivity contribution is 8.00. The average molecular weight is 771 g/mol. The van der Waals surface area contributed by atoms with E-state index in [1.165, 1.54) is 0 Å². The van der Waals surface area contributed by atoms with Crippen molar-refractivity contribution in [3.63, 3.8) is 0 Å². The molecule has 266 valence electrons. The van der Waals surface area contributed by atoms with Crippen LogP contribution in [0.4, 0.5) is 79.0 Å². The molecular weight excluding hydrogens is 756 g/mol. The van der Waals surface area contributed by atoms with Crippen molar-refractivity contribution in [1.82, 2.24) is 0 Å². The van der Waals surface area contributed by atoms with E-state index in [1.807, 2.05) is 0 Å². The maximum absolute atomic E-state index is 14.9. The summed E-state index contributed by atoms with van der Waals surface area (Å²) in [7, 11) is -18.0. The Bertz CT molecular complexity index is 1450. The van der Waals surface area contributed by atoms with Crippen LogP contribution in [0.5, 0.6) is 0 Å². The van der Waals surface area contributed by atoms with Crippen LogP contribution in [-0.2, 0) is 20.0 Å². The number of sulfonamides is 2. The van der Waals surface area contributed by atoms with E-state index in [0.29, 0.717) is 36.0 Å². The fourth-order valence-electron chi connectivity index (χ4n) is 3.62. The summed E-state index contributed by atoms with van der Waals surface area (Å²) in [6.07, 6.45) is -17.5. The van der Waals surface area contributed by atoms with Gasteiger partial charge in [0.1, 0.15) is 0 Å². The van der Waals surface area contributed by atoms with Crippen LogP contribution in [0, 0.1) is 0 Å². The van der Waals surface area contributed by atoms with Gasteiger partial charge in [-0.2, -0.15) is 108 Å². The van der Waals surface area contributed by atoms with E-state index in [2.05, 4.69) is 0 Å². The zero-order chi connectivity index (χ0) is 36.4. The van der Waals surface area contributed by atoms with E-state index in [9.17, 15) is 95.9 Å². The van der Waals surface area contributed by atoms with Gasteiger partial charge in [-0.1, -0.05) is 18.2 Å². The van der Waals surface area contributed by atoms with Crippen molar-refractivity contribution >= 4 is 37.5 Å². The molecule has 2 rings (SSSR count). The molecule has 46 heavy (non-hydrogen) atoms. The Morgan fingerprint density at radius 2 is 1.00 bits per heavy atom. The number of hydrogen-bond acceptors (Lipinski definition) is 5. The lowest BCUT2D eigenvalue weighted by Crippen LogP contribution is -2.68. The molecule has 0 N–H and O–H groups in total. The van der Waals surface area contributed by atoms with Crippen LogP contribution in [0.1, 0.15) is 24.8 Å². The lowest BCUT2D eigenvalue weighted by atomic mass is 10.0. The summed E-state index contributed by atoms with van der Waals surface area (Å²) in [5, 5.41) is -17.9. The number of alkyl halides is 18. The number of thioether (sulfide) groups is 1. The first-order chi connectivity index (χ1) is 20.2. The van der Waals surface area contributed by atoms with Crippen molar-refractivity contribution in [3.05, 3.63) is 35.9 Å². The lowest BCUT2D eigenvalue weighted by Gasteiger charge is -2.33. The maximum Gasteiger partial charge on any atom is 0.475 e. The van der Waals surface area contributed by atoms with Gasteiger partial charge in [0.2, 0.25) is 5.71 Å². The Morgan fingerprint density at radius 1 is 0.630 bits per heavy atom. The summed E-state index contributed by atoms with van der Waals surface area (Å²) >= 11 is 0.599. The molecular formula is C20H14F18NO4S3+.